The lowest BCUT2D eigenvalue weighted by atomic mass is 10.1. The Morgan fingerprint density at radius 1 is 1.11 bits per heavy atom. The van der Waals surface area contributed by atoms with E-state index in [1.807, 2.05) is 6.07 Å². The molecule has 1 aromatic carbocycles. The molecule has 0 radical (unpaired) electrons. The number of methoxy groups -OCH3 is 1. The number of amides is 1. The van der Waals surface area contributed by atoms with E-state index in [-0.39, 0.29) is 22.7 Å². The van der Waals surface area contributed by atoms with E-state index in [4.69, 9.17) is 0 Å². The molecule has 0 spiro atoms. The molecule has 0 bridgehead atoms. The summed E-state index contributed by atoms with van der Waals surface area (Å²) in [6.45, 7) is 3.56. The fraction of sp³-hybridized carbons (Fsp3) is 0.316. The zero-order valence-electron chi connectivity index (χ0n) is 15.3. The summed E-state index contributed by atoms with van der Waals surface area (Å²) < 4.78 is 4.62. The normalized spacial score (nSPS) is 14.7. The number of nitrogens with zero attached hydrogens (tertiary/aromatic N) is 3. The van der Waals surface area contributed by atoms with Crippen molar-refractivity contribution in [3.8, 4) is 5.75 Å². The molecule has 8 heteroatoms. The fourth-order valence-corrected chi connectivity index (χ4v) is 2.87. The molecule has 2 heterocycles. The summed E-state index contributed by atoms with van der Waals surface area (Å²) >= 11 is 0. The SMILES string of the molecule is COC(=O)c1cccc(NC(=O)c2cccc(N3CCN(C)CC3)n2)c1O. The summed E-state index contributed by atoms with van der Waals surface area (Å²) in [6, 6.07) is 9.73. The van der Waals surface area contributed by atoms with Gasteiger partial charge in [-0.3, -0.25) is 4.79 Å². The van der Waals surface area contributed by atoms with Gasteiger partial charge in [-0.15, -0.1) is 0 Å². The highest BCUT2D eigenvalue weighted by atomic mass is 16.5. The van der Waals surface area contributed by atoms with Gasteiger partial charge in [-0.1, -0.05) is 12.1 Å². The second kappa shape index (κ2) is 8.05. The standard InChI is InChI=1S/C19H22N4O4/c1-22-9-11-23(12-10-22)16-8-4-7-15(20-16)18(25)21-14-6-3-5-13(17(14)24)19(26)27-2/h3-8,24H,9-12H2,1-2H3,(H,21,25). The molecule has 1 aliphatic heterocycles. The van der Waals surface area contributed by atoms with Crippen LogP contribution in [0.1, 0.15) is 20.8 Å². The molecule has 2 aromatic rings. The number of aromatic hydroxyl groups is 1. The lowest BCUT2D eigenvalue weighted by Crippen LogP contribution is -2.44. The van der Waals surface area contributed by atoms with Crippen LogP contribution in [0.2, 0.25) is 0 Å². The van der Waals surface area contributed by atoms with Crippen molar-refractivity contribution >= 4 is 23.4 Å². The van der Waals surface area contributed by atoms with Gasteiger partial charge >= 0.3 is 5.97 Å². The van der Waals surface area contributed by atoms with E-state index in [0.29, 0.717) is 0 Å². The van der Waals surface area contributed by atoms with Crippen molar-refractivity contribution in [3.05, 3.63) is 47.7 Å². The Hall–Kier alpha value is -3.13. The number of anilines is 2. The molecule has 0 atom stereocenters. The number of esters is 1. The molecule has 0 unspecified atom stereocenters. The number of pyridine rings is 1. The van der Waals surface area contributed by atoms with Crippen molar-refractivity contribution in [3.63, 3.8) is 0 Å². The lowest BCUT2D eigenvalue weighted by Gasteiger charge is -2.33. The van der Waals surface area contributed by atoms with Crippen LogP contribution in [0.15, 0.2) is 36.4 Å². The predicted octanol–water partition coefficient (Wildman–Crippen LogP) is 1.58. The van der Waals surface area contributed by atoms with Crippen LogP contribution in [0, 0.1) is 0 Å². The number of piperazine rings is 1. The second-order valence-corrected chi connectivity index (χ2v) is 6.32. The molecule has 2 N–H and O–H groups in total. The number of rotatable bonds is 4. The molecular formula is C19H22N4O4. The van der Waals surface area contributed by atoms with E-state index in [1.54, 1.807) is 18.2 Å². The van der Waals surface area contributed by atoms with Gasteiger partial charge < -0.3 is 25.0 Å². The smallest absolute Gasteiger partial charge is 0.341 e. The third-order valence-corrected chi connectivity index (χ3v) is 4.48. The Morgan fingerprint density at radius 3 is 2.52 bits per heavy atom. The van der Waals surface area contributed by atoms with Crippen molar-refractivity contribution in [2.24, 2.45) is 0 Å². The maximum Gasteiger partial charge on any atom is 0.341 e. The summed E-state index contributed by atoms with van der Waals surface area (Å²) in [4.78, 5) is 33.1. The topological polar surface area (TPSA) is 95.0 Å². The average molecular weight is 370 g/mol. The monoisotopic (exact) mass is 370 g/mol. The molecule has 27 heavy (non-hydrogen) atoms. The minimum Gasteiger partial charge on any atom is -0.505 e. The molecule has 1 aromatic heterocycles. The highest BCUT2D eigenvalue weighted by Crippen LogP contribution is 2.28. The number of benzene rings is 1. The Balaban J connectivity index is 1.77. The van der Waals surface area contributed by atoms with Gasteiger partial charge in [-0.05, 0) is 31.3 Å². The zero-order valence-corrected chi connectivity index (χ0v) is 15.3. The van der Waals surface area contributed by atoms with Crippen LogP contribution in [0.3, 0.4) is 0 Å². The number of ether oxygens (including phenoxy) is 1. The minimum atomic E-state index is -0.682. The van der Waals surface area contributed by atoms with Crippen LogP contribution in [0.5, 0.6) is 5.75 Å². The number of phenols is 1. The molecule has 3 rings (SSSR count). The quantitative estimate of drug-likeness (QED) is 0.623. The number of likely N-dealkylation sites (N-methyl/N-ethyl adjacent to an activating group) is 1. The van der Waals surface area contributed by atoms with E-state index in [1.165, 1.54) is 19.2 Å². The first-order valence-corrected chi connectivity index (χ1v) is 8.62. The van der Waals surface area contributed by atoms with E-state index in [0.717, 1.165) is 32.0 Å². The highest BCUT2D eigenvalue weighted by molar-refractivity contribution is 6.05. The lowest BCUT2D eigenvalue weighted by molar-refractivity contribution is 0.0597. The Morgan fingerprint density at radius 2 is 1.81 bits per heavy atom. The fourth-order valence-electron chi connectivity index (χ4n) is 2.87. The summed E-state index contributed by atoms with van der Waals surface area (Å²) in [5.74, 6) is -0.752. The molecule has 142 valence electrons. The number of aromatic nitrogens is 1. The minimum absolute atomic E-state index is 0.0190. The first kappa shape index (κ1) is 18.7. The van der Waals surface area contributed by atoms with Crippen LogP contribution in [-0.2, 0) is 4.74 Å². The molecule has 1 amide bonds. The van der Waals surface area contributed by atoms with Gasteiger partial charge in [-0.2, -0.15) is 0 Å². The largest absolute Gasteiger partial charge is 0.505 e. The van der Waals surface area contributed by atoms with E-state index >= 15 is 0 Å². The Kier molecular flexibility index (Phi) is 5.56. The molecule has 0 aliphatic carbocycles. The number of carbonyl (C=O) groups is 2. The average Bonchev–Trinajstić information content (AvgIpc) is 2.69. The van der Waals surface area contributed by atoms with Gasteiger partial charge in [0.1, 0.15) is 17.1 Å². The summed E-state index contributed by atoms with van der Waals surface area (Å²) in [5.41, 5.74) is 0.332. The second-order valence-electron chi connectivity index (χ2n) is 6.32. The van der Waals surface area contributed by atoms with Gasteiger partial charge in [0.2, 0.25) is 0 Å². The Labute approximate surface area is 157 Å². The third kappa shape index (κ3) is 4.17. The van der Waals surface area contributed by atoms with E-state index in [2.05, 4.69) is 31.9 Å². The maximum absolute atomic E-state index is 12.6. The van der Waals surface area contributed by atoms with Crippen molar-refractivity contribution in [1.29, 1.82) is 0 Å². The molecule has 1 aliphatic rings. The number of hydrogen-bond acceptors (Lipinski definition) is 7. The summed E-state index contributed by atoms with van der Waals surface area (Å²) in [7, 11) is 3.30. The van der Waals surface area contributed by atoms with Crippen molar-refractivity contribution in [1.82, 2.24) is 9.88 Å². The summed E-state index contributed by atoms with van der Waals surface area (Å²) in [5, 5.41) is 12.8. The van der Waals surface area contributed by atoms with Crippen molar-refractivity contribution < 1.29 is 19.4 Å². The number of para-hydroxylation sites is 1. The summed E-state index contributed by atoms with van der Waals surface area (Å²) in [6.07, 6.45) is 0. The zero-order chi connectivity index (χ0) is 19.4. The predicted molar refractivity (Wildman–Crippen MR) is 101 cm³/mol. The molecule has 1 saturated heterocycles. The van der Waals surface area contributed by atoms with Gasteiger partial charge in [0.25, 0.3) is 5.91 Å². The van der Waals surface area contributed by atoms with Gasteiger partial charge in [-0.25, -0.2) is 9.78 Å². The number of hydrogen-bond donors (Lipinski definition) is 2. The van der Waals surface area contributed by atoms with Crippen molar-refractivity contribution in [2.45, 2.75) is 0 Å². The van der Waals surface area contributed by atoms with Crippen molar-refractivity contribution in [2.75, 3.05) is 50.6 Å². The van der Waals surface area contributed by atoms with E-state index < -0.39 is 11.9 Å². The van der Waals surface area contributed by atoms with Crippen LogP contribution in [0.4, 0.5) is 11.5 Å². The third-order valence-electron chi connectivity index (χ3n) is 4.48. The highest BCUT2D eigenvalue weighted by Gasteiger charge is 2.19. The van der Waals surface area contributed by atoms with E-state index in [9.17, 15) is 14.7 Å². The van der Waals surface area contributed by atoms with Gasteiger partial charge in [0.05, 0.1) is 12.8 Å². The number of carbonyl (C=O) groups excluding carboxylic acids is 2. The van der Waals surface area contributed by atoms with Crippen LogP contribution in [-0.4, -0.2) is 67.2 Å². The molecule has 8 nitrogen and oxygen atoms in total. The number of nitrogens with one attached hydrogen (secondary N) is 1. The first-order chi connectivity index (χ1) is 13.0. The van der Waals surface area contributed by atoms with Crippen LogP contribution >= 0.6 is 0 Å². The van der Waals surface area contributed by atoms with Crippen LogP contribution in [0.25, 0.3) is 0 Å². The maximum atomic E-state index is 12.6. The Bertz CT molecular complexity index is 847. The molecule has 1 fully saturated rings. The van der Waals surface area contributed by atoms with Gasteiger partial charge in [0.15, 0.2) is 5.75 Å². The molecular weight excluding hydrogens is 348 g/mol. The van der Waals surface area contributed by atoms with Crippen LogP contribution < -0.4 is 10.2 Å². The number of phenolic OH excluding ortho intramolecular Hbond substituents is 1. The molecule has 0 saturated carbocycles. The first-order valence-electron chi connectivity index (χ1n) is 8.62. The van der Waals surface area contributed by atoms with Gasteiger partial charge in [0, 0.05) is 26.2 Å².